The topological polar surface area (TPSA) is 85.1 Å². The Balaban J connectivity index is 2.33. The molecule has 0 spiro atoms. The molecule has 0 aromatic carbocycles. The zero-order valence-electron chi connectivity index (χ0n) is 10.2. The lowest BCUT2D eigenvalue weighted by atomic mass is 10.4. The Bertz CT molecular complexity index is 658. The summed E-state index contributed by atoms with van der Waals surface area (Å²) in [6.07, 6.45) is 1.79. The summed E-state index contributed by atoms with van der Waals surface area (Å²) in [6.45, 7) is 3.76. The van der Waals surface area contributed by atoms with E-state index in [9.17, 15) is 8.42 Å². The molecule has 8 heteroatoms. The van der Waals surface area contributed by atoms with Crippen molar-refractivity contribution in [2.75, 3.05) is 11.0 Å². The fourth-order valence-electron chi connectivity index (χ4n) is 1.38. The summed E-state index contributed by atoms with van der Waals surface area (Å²) in [5.74, 6) is 0.982. The molecule has 2 aromatic rings. The average molecular weight is 287 g/mol. The van der Waals surface area contributed by atoms with Gasteiger partial charge in [0.05, 0.1) is 16.8 Å². The van der Waals surface area contributed by atoms with Gasteiger partial charge in [-0.3, -0.25) is 4.72 Å². The van der Waals surface area contributed by atoms with Crippen LogP contribution >= 0.6 is 11.3 Å². The maximum absolute atomic E-state index is 11.2. The number of nitrogens with zero attached hydrogens (tertiary/aromatic N) is 2. The van der Waals surface area contributed by atoms with E-state index in [1.165, 1.54) is 11.3 Å². The van der Waals surface area contributed by atoms with E-state index in [2.05, 4.69) is 14.9 Å². The molecular formula is C10H13N3O3S2. The third-order valence-corrected chi connectivity index (χ3v) is 3.82. The van der Waals surface area contributed by atoms with Crippen LogP contribution in [-0.2, 0) is 16.4 Å². The highest BCUT2D eigenvalue weighted by molar-refractivity contribution is 7.92. The van der Waals surface area contributed by atoms with Gasteiger partial charge in [-0.05, 0) is 13.0 Å². The van der Waals surface area contributed by atoms with Crippen LogP contribution in [0.3, 0.4) is 0 Å². The van der Waals surface area contributed by atoms with E-state index in [1.807, 2.05) is 13.8 Å². The van der Waals surface area contributed by atoms with Crippen LogP contribution in [0.1, 0.15) is 17.7 Å². The van der Waals surface area contributed by atoms with Crippen LogP contribution in [0, 0.1) is 6.92 Å². The quantitative estimate of drug-likeness (QED) is 0.930. The number of hydrogen-bond donors (Lipinski definition) is 1. The van der Waals surface area contributed by atoms with E-state index >= 15 is 0 Å². The minimum absolute atomic E-state index is 0.418. The molecule has 0 radical (unpaired) electrons. The third-order valence-electron chi connectivity index (χ3n) is 2.19. The van der Waals surface area contributed by atoms with E-state index < -0.39 is 10.0 Å². The van der Waals surface area contributed by atoms with Crippen LogP contribution in [0.4, 0.5) is 5.69 Å². The molecule has 98 valence electrons. The molecule has 18 heavy (non-hydrogen) atoms. The molecule has 0 amide bonds. The van der Waals surface area contributed by atoms with Crippen LogP contribution in [-0.4, -0.2) is 24.9 Å². The van der Waals surface area contributed by atoms with Gasteiger partial charge in [0.2, 0.25) is 15.9 Å². The van der Waals surface area contributed by atoms with Crippen LogP contribution in [0.15, 0.2) is 10.5 Å². The molecular weight excluding hydrogens is 274 g/mol. The molecule has 1 N–H and O–H groups in total. The summed E-state index contributed by atoms with van der Waals surface area (Å²) in [5.41, 5.74) is 0.550. The fourth-order valence-corrected chi connectivity index (χ4v) is 2.96. The molecule has 0 aliphatic heterocycles. The number of nitrogens with one attached hydrogen (secondary N) is 1. The molecule has 6 nitrogen and oxygen atoms in total. The number of anilines is 1. The van der Waals surface area contributed by atoms with Gasteiger partial charge in [0, 0.05) is 11.3 Å². The van der Waals surface area contributed by atoms with Gasteiger partial charge in [0.15, 0.2) is 0 Å². The van der Waals surface area contributed by atoms with Gasteiger partial charge in [-0.15, -0.1) is 21.5 Å². The van der Waals surface area contributed by atoms with E-state index in [-0.39, 0.29) is 0 Å². The van der Waals surface area contributed by atoms with Crippen molar-refractivity contribution in [3.63, 3.8) is 0 Å². The predicted octanol–water partition coefficient (Wildman–Crippen LogP) is 2.04. The van der Waals surface area contributed by atoms with Gasteiger partial charge in [-0.25, -0.2) is 8.42 Å². The Kier molecular flexibility index (Phi) is 3.40. The zero-order valence-corrected chi connectivity index (χ0v) is 11.9. The Hall–Kier alpha value is -1.41. The summed E-state index contributed by atoms with van der Waals surface area (Å²) in [4.78, 5) is 1.61. The maximum atomic E-state index is 11.2. The van der Waals surface area contributed by atoms with Gasteiger partial charge >= 0.3 is 0 Å². The van der Waals surface area contributed by atoms with Crippen molar-refractivity contribution >= 4 is 27.0 Å². The molecule has 0 unspecified atom stereocenters. The molecule has 0 aliphatic carbocycles. The van der Waals surface area contributed by atoms with Crippen LogP contribution in [0.2, 0.25) is 0 Å². The number of aromatic nitrogens is 2. The highest BCUT2D eigenvalue weighted by atomic mass is 32.2. The highest BCUT2D eigenvalue weighted by Gasteiger charge is 2.14. The molecule has 0 fully saturated rings. The maximum Gasteiger partial charge on any atom is 0.257 e. The summed E-state index contributed by atoms with van der Waals surface area (Å²) in [5, 5.41) is 7.80. The molecule has 0 aliphatic rings. The van der Waals surface area contributed by atoms with Crippen molar-refractivity contribution in [1.82, 2.24) is 10.2 Å². The van der Waals surface area contributed by atoms with Gasteiger partial charge in [-0.1, -0.05) is 6.92 Å². The number of thiophene rings is 1. The molecule has 2 rings (SSSR count). The summed E-state index contributed by atoms with van der Waals surface area (Å²) in [7, 11) is -3.28. The Morgan fingerprint density at radius 1 is 1.44 bits per heavy atom. The van der Waals surface area contributed by atoms with Gasteiger partial charge in [0.25, 0.3) is 5.89 Å². The lowest BCUT2D eigenvalue weighted by molar-refractivity contribution is 0.514. The minimum atomic E-state index is -3.28. The Morgan fingerprint density at radius 2 is 2.17 bits per heavy atom. The first-order chi connectivity index (χ1) is 8.39. The molecule has 0 saturated heterocycles. The zero-order chi connectivity index (χ0) is 13.3. The largest absolute Gasteiger partial charge is 0.420 e. The second-order valence-corrected chi connectivity index (χ2v) is 6.81. The Labute approximate surface area is 109 Å². The van der Waals surface area contributed by atoms with Gasteiger partial charge in [-0.2, -0.15) is 0 Å². The van der Waals surface area contributed by atoms with Crippen molar-refractivity contribution in [3.05, 3.63) is 16.8 Å². The molecule has 0 atom stereocenters. The second kappa shape index (κ2) is 4.69. The van der Waals surface area contributed by atoms with Crippen LogP contribution in [0.5, 0.6) is 0 Å². The van der Waals surface area contributed by atoms with Gasteiger partial charge in [0.1, 0.15) is 0 Å². The smallest absolute Gasteiger partial charge is 0.257 e. The average Bonchev–Trinajstić information content (AvgIpc) is 2.84. The first-order valence-corrected chi connectivity index (χ1v) is 8.01. The van der Waals surface area contributed by atoms with Crippen molar-refractivity contribution < 1.29 is 12.8 Å². The van der Waals surface area contributed by atoms with E-state index in [0.29, 0.717) is 23.9 Å². The standard InChI is InChI=1S/C10H13N3O3S2/c1-4-9-11-12-10(16-9)8-5-7(6(2)17-8)13-18(3,14)15/h5,13H,4H2,1-3H3. The van der Waals surface area contributed by atoms with Crippen molar-refractivity contribution in [2.24, 2.45) is 0 Å². The Morgan fingerprint density at radius 3 is 2.72 bits per heavy atom. The monoisotopic (exact) mass is 287 g/mol. The van der Waals surface area contributed by atoms with Crippen molar-refractivity contribution in [1.29, 1.82) is 0 Å². The number of sulfonamides is 1. The molecule has 0 saturated carbocycles. The van der Waals surface area contributed by atoms with E-state index in [0.717, 1.165) is 16.0 Å². The molecule has 2 heterocycles. The SMILES string of the molecule is CCc1nnc(-c2cc(NS(C)(=O)=O)c(C)s2)o1. The predicted molar refractivity (Wildman–Crippen MR) is 70.2 cm³/mol. The van der Waals surface area contributed by atoms with Crippen LogP contribution < -0.4 is 4.72 Å². The molecule has 0 bridgehead atoms. The summed E-state index contributed by atoms with van der Waals surface area (Å²) in [6, 6.07) is 1.70. The summed E-state index contributed by atoms with van der Waals surface area (Å²) < 4.78 is 30.3. The normalized spacial score (nSPS) is 11.7. The first kappa shape index (κ1) is 13.0. The van der Waals surface area contributed by atoms with E-state index in [1.54, 1.807) is 6.07 Å². The number of aryl methyl sites for hydroxylation is 2. The van der Waals surface area contributed by atoms with E-state index in [4.69, 9.17) is 4.42 Å². The van der Waals surface area contributed by atoms with Crippen molar-refractivity contribution in [2.45, 2.75) is 20.3 Å². The molecule has 2 aromatic heterocycles. The highest BCUT2D eigenvalue weighted by Crippen LogP contribution is 2.33. The third kappa shape index (κ3) is 2.88. The lowest BCUT2D eigenvalue weighted by Gasteiger charge is -2.00. The van der Waals surface area contributed by atoms with Crippen molar-refractivity contribution in [3.8, 4) is 10.8 Å². The first-order valence-electron chi connectivity index (χ1n) is 5.30. The lowest BCUT2D eigenvalue weighted by Crippen LogP contribution is -2.09. The van der Waals surface area contributed by atoms with Gasteiger partial charge < -0.3 is 4.42 Å². The van der Waals surface area contributed by atoms with Crippen LogP contribution in [0.25, 0.3) is 10.8 Å². The number of rotatable bonds is 4. The second-order valence-electron chi connectivity index (χ2n) is 3.81. The number of hydrogen-bond acceptors (Lipinski definition) is 6. The summed E-state index contributed by atoms with van der Waals surface area (Å²) >= 11 is 1.41. The fraction of sp³-hybridized carbons (Fsp3) is 0.400. The minimum Gasteiger partial charge on any atom is -0.420 e.